The SMILES string of the molecule is CCCC(C)S(=O)(=O)NCc1ccc(-c2cn(C)nc2-c2ccncc2)cc1. The van der Waals surface area contributed by atoms with Crippen molar-refractivity contribution in [1.82, 2.24) is 19.5 Å². The van der Waals surface area contributed by atoms with Crippen molar-refractivity contribution in [2.75, 3.05) is 0 Å². The van der Waals surface area contributed by atoms with Crippen LogP contribution in [0.2, 0.25) is 0 Å². The van der Waals surface area contributed by atoms with Gasteiger partial charge in [-0.15, -0.1) is 0 Å². The number of nitrogens with one attached hydrogen (secondary N) is 1. The van der Waals surface area contributed by atoms with Gasteiger partial charge in [0.2, 0.25) is 10.0 Å². The summed E-state index contributed by atoms with van der Waals surface area (Å²) in [6.45, 7) is 4.03. The van der Waals surface area contributed by atoms with Crippen molar-refractivity contribution in [3.8, 4) is 22.4 Å². The van der Waals surface area contributed by atoms with Gasteiger partial charge in [-0.3, -0.25) is 9.67 Å². The molecule has 0 bridgehead atoms. The highest BCUT2D eigenvalue weighted by atomic mass is 32.2. The van der Waals surface area contributed by atoms with Gasteiger partial charge in [0.25, 0.3) is 0 Å². The van der Waals surface area contributed by atoms with Crippen LogP contribution in [0.1, 0.15) is 32.3 Å². The maximum Gasteiger partial charge on any atom is 0.214 e. The van der Waals surface area contributed by atoms with E-state index in [0.29, 0.717) is 13.0 Å². The smallest absolute Gasteiger partial charge is 0.214 e. The predicted molar refractivity (Wildman–Crippen MR) is 112 cm³/mol. The number of aromatic nitrogens is 3. The van der Waals surface area contributed by atoms with E-state index in [1.807, 2.05) is 56.6 Å². The molecule has 7 heteroatoms. The third kappa shape index (κ3) is 4.66. The van der Waals surface area contributed by atoms with Crippen LogP contribution in [0.3, 0.4) is 0 Å². The lowest BCUT2D eigenvalue weighted by atomic mass is 10.0. The molecule has 2 aromatic heterocycles. The second-order valence-corrected chi connectivity index (χ2v) is 9.15. The maximum atomic E-state index is 12.3. The van der Waals surface area contributed by atoms with Gasteiger partial charge in [0, 0.05) is 43.3 Å². The minimum atomic E-state index is -3.29. The molecule has 0 aliphatic carbocycles. The average molecular weight is 399 g/mol. The fourth-order valence-electron chi connectivity index (χ4n) is 3.11. The van der Waals surface area contributed by atoms with Crippen LogP contribution >= 0.6 is 0 Å². The molecule has 3 aromatic rings. The Bertz CT molecular complexity index is 1010. The molecule has 0 saturated carbocycles. The van der Waals surface area contributed by atoms with Crippen molar-refractivity contribution in [2.24, 2.45) is 7.05 Å². The number of aryl methyl sites for hydroxylation is 1. The van der Waals surface area contributed by atoms with E-state index in [1.54, 1.807) is 24.0 Å². The molecule has 3 rings (SSSR count). The number of benzene rings is 1. The predicted octanol–water partition coefficient (Wildman–Crippen LogP) is 3.76. The Labute approximate surface area is 166 Å². The molecule has 1 aromatic carbocycles. The van der Waals surface area contributed by atoms with Crippen LogP contribution < -0.4 is 4.72 Å². The highest BCUT2D eigenvalue weighted by Gasteiger charge is 2.19. The van der Waals surface area contributed by atoms with E-state index >= 15 is 0 Å². The molecule has 0 saturated heterocycles. The molecule has 0 spiro atoms. The van der Waals surface area contributed by atoms with Crippen LogP contribution in [0.4, 0.5) is 0 Å². The zero-order valence-electron chi connectivity index (χ0n) is 16.5. The average Bonchev–Trinajstić information content (AvgIpc) is 3.09. The molecule has 1 unspecified atom stereocenters. The van der Waals surface area contributed by atoms with Gasteiger partial charge >= 0.3 is 0 Å². The molecule has 0 aliphatic heterocycles. The van der Waals surface area contributed by atoms with Gasteiger partial charge in [0.1, 0.15) is 5.69 Å². The number of nitrogens with zero attached hydrogens (tertiary/aromatic N) is 3. The molecule has 28 heavy (non-hydrogen) atoms. The zero-order chi connectivity index (χ0) is 20.1. The molecule has 148 valence electrons. The number of hydrogen-bond donors (Lipinski definition) is 1. The van der Waals surface area contributed by atoms with E-state index < -0.39 is 10.0 Å². The highest BCUT2D eigenvalue weighted by molar-refractivity contribution is 7.90. The summed E-state index contributed by atoms with van der Waals surface area (Å²) in [5.41, 5.74) is 4.88. The van der Waals surface area contributed by atoms with Gasteiger partial charge in [-0.2, -0.15) is 5.10 Å². The number of hydrogen-bond acceptors (Lipinski definition) is 4. The Morgan fingerprint density at radius 1 is 1.07 bits per heavy atom. The lowest BCUT2D eigenvalue weighted by molar-refractivity contribution is 0.561. The molecule has 0 amide bonds. The highest BCUT2D eigenvalue weighted by Crippen LogP contribution is 2.30. The van der Waals surface area contributed by atoms with Crippen LogP contribution in [0.25, 0.3) is 22.4 Å². The number of pyridine rings is 1. The second kappa shape index (κ2) is 8.67. The fourth-order valence-corrected chi connectivity index (χ4v) is 4.31. The molecular weight excluding hydrogens is 372 g/mol. The Morgan fingerprint density at radius 2 is 1.75 bits per heavy atom. The van der Waals surface area contributed by atoms with Gasteiger partial charge in [0.05, 0.1) is 5.25 Å². The third-order valence-corrected chi connectivity index (χ3v) is 6.59. The summed E-state index contributed by atoms with van der Waals surface area (Å²) in [7, 11) is -1.39. The van der Waals surface area contributed by atoms with Crippen LogP contribution in [0.15, 0.2) is 55.0 Å². The van der Waals surface area contributed by atoms with Crippen molar-refractivity contribution in [2.45, 2.75) is 38.5 Å². The summed E-state index contributed by atoms with van der Waals surface area (Å²) in [6.07, 6.45) is 7.00. The topological polar surface area (TPSA) is 76.9 Å². The lowest BCUT2D eigenvalue weighted by Crippen LogP contribution is -2.32. The first kappa shape index (κ1) is 20.2. The fraction of sp³-hybridized carbons (Fsp3) is 0.333. The summed E-state index contributed by atoms with van der Waals surface area (Å²) in [4.78, 5) is 4.07. The van der Waals surface area contributed by atoms with Crippen LogP contribution in [-0.4, -0.2) is 28.4 Å². The molecular formula is C21H26N4O2S. The molecule has 0 radical (unpaired) electrons. The zero-order valence-corrected chi connectivity index (χ0v) is 17.3. The Hall–Kier alpha value is -2.51. The third-order valence-electron chi connectivity index (χ3n) is 4.75. The van der Waals surface area contributed by atoms with E-state index in [1.165, 1.54) is 0 Å². The Kier molecular flexibility index (Phi) is 6.26. The van der Waals surface area contributed by atoms with Crippen LogP contribution in [-0.2, 0) is 23.6 Å². The van der Waals surface area contributed by atoms with Crippen LogP contribution in [0.5, 0.6) is 0 Å². The minimum Gasteiger partial charge on any atom is -0.275 e. The molecule has 1 atom stereocenters. The standard InChI is InChI=1S/C21H26N4O2S/c1-4-5-16(2)28(26,27)23-14-17-6-8-18(9-7-17)20-15-25(3)24-21(20)19-10-12-22-13-11-19/h6-13,15-16,23H,4-5,14H2,1-3H3. The summed E-state index contributed by atoms with van der Waals surface area (Å²) < 4.78 is 29.0. The van der Waals surface area contributed by atoms with Crippen molar-refractivity contribution in [3.63, 3.8) is 0 Å². The van der Waals surface area contributed by atoms with E-state index in [0.717, 1.165) is 34.4 Å². The van der Waals surface area contributed by atoms with Gasteiger partial charge in [-0.25, -0.2) is 13.1 Å². The van der Waals surface area contributed by atoms with E-state index in [4.69, 9.17) is 0 Å². The van der Waals surface area contributed by atoms with Crippen molar-refractivity contribution in [1.29, 1.82) is 0 Å². The number of sulfonamides is 1. The molecule has 2 heterocycles. The quantitative estimate of drug-likeness (QED) is 0.627. The monoisotopic (exact) mass is 398 g/mol. The Morgan fingerprint density at radius 3 is 2.39 bits per heavy atom. The number of rotatable bonds is 8. The van der Waals surface area contributed by atoms with Crippen molar-refractivity contribution < 1.29 is 8.42 Å². The van der Waals surface area contributed by atoms with Crippen molar-refractivity contribution in [3.05, 3.63) is 60.6 Å². The van der Waals surface area contributed by atoms with Crippen molar-refractivity contribution >= 4 is 10.0 Å². The first-order chi connectivity index (χ1) is 13.4. The first-order valence-electron chi connectivity index (χ1n) is 9.42. The summed E-state index contributed by atoms with van der Waals surface area (Å²) in [6, 6.07) is 11.8. The van der Waals surface area contributed by atoms with Gasteiger partial charge in [0.15, 0.2) is 0 Å². The van der Waals surface area contributed by atoms with Gasteiger partial charge in [-0.1, -0.05) is 37.6 Å². The summed E-state index contributed by atoms with van der Waals surface area (Å²) >= 11 is 0. The summed E-state index contributed by atoms with van der Waals surface area (Å²) in [5, 5.41) is 4.20. The molecule has 1 N–H and O–H groups in total. The van der Waals surface area contributed by atoms with E-state index in [-0.39, 0.29) is 5.25 Å². The second-order valence-electron chi connectivity index (χ2n) is 6.96. The van der Waals surface area contributed by atoms with E-state index in [9.17, 15) is 8.42 Å². The lowest BCUT2D eigenvalue weighted by Gasteiger charge is -2.13. The first-order valence-corrected chi connectivity index (χ1v) is 11.0. The minimum absolute atomic E-state index is 0.293. The summed E-state index contributed by atoms with van der Waals surface area (Å²) in [5.74, 6) is 0. The van der Waals surface area contributed by atoms with Gasteiger partial charge in [-0.05, 0) is 36.6 Å². The molecule has 0 fully saturated rings. The maximum absolute atomic E-state index is 12.3. The molecule has 6 nitrogen and oxygen atoms in total. The van der Waals surface area contributed by atoms with E-state index in [2.05, 4.69) is 14.8 Å². The molecule has 0 aliphatic rings. The largest absolute Gasteiger partial charge is 0.275 e. The Balaban J connectivity index is 1.77. The van der Waals surface area contributed by atoms with Crippen LogP contribution in [0, 0.1) is 0 Å². The van der Waals surface area contributed by atoms with Gasteiger partial charge < -0.3 is 0 Å². The normalized spacial score (nSPS) is 12.8.